The molecule has 0 radical (unpaired) electrons. The van der Waals surface area contributed by atoms with Crippen LogP contribution < -0.4 is 10.1 Å². The lowest BCUT2D eigenvalue weighted by Crippen LogP contribution is -2.47. The van der Waals surface area contributed by atoms with Crippen LogP contribution in [0.4, 0.5) is 5.69 Å². The van der Waals surface area contributed by atoms with Gasteiger partial charge in [0.15, 0.2) is 0 Å². The summed E-state index contributed by atoms with van der Waals surface area (Å²) >= 11 is 0. The van der Waals surface area contributed by atoms with Crippen LogP contribution in [0.1, 0.15) is 24.2 Å². The van der Waals surface area contributed by atoms with Gasteiger partial charge in [-0.25, -0.2) is 8.42 Å². The minimum Gasteiger partial charge on any atom is -0.491 e. The Morgan fingerprint density at radius 3 is 2.31 bits per heavy atom. The molecule has 0 unspecified atom stereocenters. The van der Waals surface area contributed by atoms with E-state index in [1.807, 2.05) is 20.9 Å². The molecule has 0 saturated carbocycles. The van der Waals surface area contributed by atoms with E-state index in [-0.39, 0.29) is 16.9 Å². The van der Waals surface area contributed by atoms with Crippen molar-refractivity contribution in [3.8, 4) is 5.75 Å². The maximum Gasteiger partial charge on any atom is 0.255 e. The molecular formula is C21H27N3O4S. The standard InChI is InChI=1S/C21H27N3O4S/c1-16(2)28-19-9-7-18(8-10-19)22-21(25)17-5-4-6-20(15-17)29(26,27)24-13-11-23(3)12-14-24/h4-10,15-16H,11-14H2,1-3H3,(H,22,25). The van der Waals surface area contributed by atoms with Gasteiger partial charge >= 0.3 is 0 Å². The second-order valence-electron chi connectivity index (χ2n) is 7.38. The third kappa shape index (κ3) is 5.35. The van der Waals surface area contributed by atoms with Crippen LogP contribution in [-0.2, 0) is 10.0 Å². The first kappa shape index (κ1) is 21.3. The molecule has 0 atom stereocenters. The van der Waals surface area contributed by atoms with Gasteiger partial charge in [0.1, 0.15) is 5.75 Å². The van der Waals surface area contributed by atoms with Crippen LogP contribution in [0, 0.1) is 0 Å². The molecule has 1 heterocycles. The highest BCUT2D eigenvalue weighted by Gasteiger charge is 2.27. The Hall–Kier alpha value is -2.42. The van der Waals surface area contributed by atoms with E-state index in [0.717, 1.165) is 5.75 Å². The van der Waals surface area contributed by atoms with Gasteiger partial charge in [0.25, 0.3) is 5.91 Å². The molecule has 0 aliphatic carbocycles. The molecule has 29 heavy (non-hydrogen) atoms. The Morgan fingerprint density at radius 1 is 1.03 bits per heavy atom. The van der Waals surface area contributed by atoms with E-state index in [2.05, 4.69) is 10.2 Å². The number of anilines is 1. The summed E-state index contributed by atoms with van der Waals surface area (Å²) in [5.41, 5.74) is 0.904. The van der Waals surface area contributed by atoms with Crippen molar-refractivity contribution in [3.63, 3.8) is 0 Å². The first-order valence-electron chi connectivity index (χ1n) is 9.62. The highest BCUT2D eigenvalue weighted by Crippen LogP contribution is 2.21. The molecule has 0 bridgehead atoms. The van der Waals surface area contributed by atoms with Gasteiger partial charge in [-0.3, -0.25) is 4.79 Å². The summed E-state index contributed by atoms with van der Waals surface area (Å²) in [6.45, 7) is 6.16. The smallest absolute Gasteiger partial charge is 0.255 e. The summed E-state index contributed by atoms with van der Waals surface area (Å²) in [6.07, 6.45) is 0.0698. The lowest BCUT2D eigenvalue weighted by atomic mass is 10.2. The van der Waals surface area contributed by atoms with E-state index in [0.29, 0.717) is 37.4 Å². The summed E-state index contributed by atoms with van der Waals surface area (Å²) in [4.78, 5) is 14.8. The summed E-state index contributed by atoms with van der Waals surface area (Å²) in [5.74, 6) is 0.358. The zero-order valence-corrected chi connectivity index (χ0v) is 17.8. The van der Waals surface area contributed by atoms with Crippen molar-refractivity contribution in [3.05, 3.63) is 54.1 Å². The molecule has 1 N–H and O–H groups in total. The predicted octanol–water partition coefficient (Wildman–Crippen LogP) is 2.66. The van der Waals surface area contributed by atoms with Gasteiger partial charge in [0.2, 0.25) is 10.0 Å². The van der Waals surface area contributed by atoms with Crippen LogP contribution in [0.5, 0.6) is 5.75 Å². The number of rotatable bonds is 6. The molecule has 156 valence electrons. The molecule has 3 rings (SSSR count). The van der Waals surface area contributed by atoms with Gasteiger partial charge in [-0.15, -0.1) is 0 Å². The van der Waals surface area contributed by atoms with Gasteiger partial charge in [-0.05, 0) is 63.4 Å². The molecule has 1 aliphatic heterocycles. The summed E-state index contributed by atoms with van der Waals surface area (Å²) in [6, 6.07) is 13.2. The van der Waals surface area contributed by atoms with Crippen molar-refractivity contribution >= 4 is 21.6 Å². The molecule has 2 aromatic carbocycles. The van der Waals surface area contributed by atoms with E-state index in [9.17, 15) is 13.2 Å². The minimum atomic E-state index is -3.62. The first-order valence-corrected chi connectivity index (χ1v) is 11.1. The van der Waals surface area contributed by atoms with E-state index >= 15 is 0 Å². The number of nitrogens with zero attached hydrogens (tertiary/aromatic N) is 2. The second-order valence-corrected chi connectivity index (χ2v) is 9.32. The lowest BCUT2D eigenvalue weighted by molar-refractivity contribution is 0.102. The average molecular weight is 418 g/mol. The normalized spacial score (nSPS) is 16.0. The van der Waals surface area contributed by atoms with Crippen molar-refractivity contribution in [2.45, 2.75) is 24.8 Å². The van der Waals surface area contributed by atoms with Crippen LogP contribution in [0.25, 0.3) is 0 Å². The fraction of sp³-hybridized carbons (Fsp3) is 0.381. The topological polar surface area (TPSA) is 78.9 Å². The molecule has 7 nitrogen and oxygen atoms in total. The Bertz CT molecular complexity index is 950. The van der Waals surface area contributed by atoms with Crippen LogP contribution in [0.2, 0.25) is 0 Å². The zero-order chi connectivity index (χ0) is 21.0. The van der Waals surface area contributed by atoms with Gasteiger partial charge in [-0.2, -0.15) is 4.31 Å². The molecule has 1 aliphatic rings. The maximum atomic E-state index is 12.9. The van der Waals surface area contributed by atoms with Gasteiger partial charge in [-0.1, -0.05) is 6.07 Å². The molecule has 0 aromatic heterocycles. The summed E-state index contributed by atoms with van der Waals surface area (Å²) in [5, 5.41) is 2.79. The monoisotopic (exact) mass is 417 g/mol. The first-order chi connectivity index (χ1) is 13.8. The number of ether oxygens (including phenoxy) is 1. The third-order valence-corrected chi connectivity index (χ3v) is 6.57. The van der Waals surface area contributed by atoms with Crippen LogP contribution >= 0.6 is 0 Å². The van der Waals surface area contributed by atoms with E-state index < -0.39 is 10.0 Å². The fourth-order valence-electron chi connectivity index (χ4n) is 3.07. The second kappa shape index (κ2) is 8.94. The van der Waals surface area contributed by atoms with Gasteiger partial charge in [0.05, 0.1) is 11.0 Å². The van der Waals surface area contributed by atoms with Gasteiger partial charge in [0, 0.05) is 37.4 Å². The van der Waals surface area contributed by atoms with E-state index in [4.69, 9.17) is 4.74 Å². The Balaban J connectivity index is 1.72. The van der Waals surface area contributed by atoms with Crippen LogP contribution in [-0.4, -0.2) is 62.9 Å². The van der Waals surface area contributed by atoms with Crippen molar-refractivity contribution in [1.82, 2.24) is 9.21 Å². The Morgan fingerprint density at radius 2 is 1.69 bits per heavy atom. The quantitative estimate of drug-likeness (QED) is 0.782. The Kier molecular flexibility index (Phi) is 6.56. The zero-order valence-electron chi connectivity index (χ0n) is 17.0. The number of carbonyl (C=O) groups excluding carboxylic acids is 1. The molecule has 1 saturated heterocycles. The van der Waals surface area contributed by atoms with Crippen molar-refractivity contribution in [1.29, 1.82) is 0 Å². The van der Waals surface area contributed by atoms with Crippen molar-refractivity contribution in [2.24, 2.45) is 0 Å². The predicted molar refractivity (Wildman–Crippen MR) is 113 cm³/mol. The molecular weight excluding hydrogens is 390 g/mol. The number of sulfonamides is 1. The molecule has 0 spiro atoms. The number of likely N-dealkylation sites (N-methyl/N-ethyl adjacent to an activating group) is 1. The fourth-order valence-corrected chi connectivity index (χ4v) is 4.54. The number of nitrogens with one attached hydrogen (secondary N) is 1. The summed E-state index contributed by atoms with van der Waals surface area (Å²) < 4.78 is 32.9. The maximum absolute atomic E-state index is 12.9. The number of piperazine rings is 1. The lowest BCUT2D eigenvalue weighted by Gasteiger charge is -2.31. The molecule has 1 amide bonds. The average Bonchev–Trinajstić information content (AvgIpc) is 2.69. The summed E-state index contributed by atoms with van der Waals surface area (Å²) in [7, 11) is -1.65. The Labute approximate surface area is 172 Å². The van der Waals surface area contributed by atoms with E-state index in [1.165, 1.54) is 16.4 Å². The van der Waals surface area contributed by atoms with Crippen LogP contribution in [0.15, 0.2) is 53.4 Å². The van der Waals surface area contributed by atoms with Crippen molar-refractivity contribution < 1.29 is 17.9 Å². The third-order valence-electron chi connectivity index (χ3n) is 4.68. The molecule has 8 heteroatoms. The molecule has 1 fully saturated rings. The molecule has 2 aromatic rings. The highest BCUT2D eigenvalue weighted by molar-refractivity contribution is 7.89. The number of hydrogen-bond donors (Lipinski definition) is 1. The van der Waals surface area contributed by atoms with Crippen LogP contribution in [0.3, 0.4) is 0 Å². The highest BCUT2D eigenvalue weighted by atomic mass is 32.2. The minimum absolute atomic E-state index is 0.0698. The number of benzene rings is 2. The van der Waals surface area contributed by atoms with Crippen molar-refractivity contribution in [2.75, 3.05) is 38.5 Å². The largest absolute Gasteiger partial charge is 0.491 e. The van der Waals surface area contributed by atoms with E-state index in [1.54, 1.807) is 36.4 Å². The van der Waals surface area contributed by atoms with Gasteiger partial charge < -0.3 is 15.0 Å². The number of carbonyl (C=O) groups is 1. The number of hydrogen-bond acceptors (Lipinski definition) is 5. The SMILES string of the molecule is CC(C)Oc1ccc(NC(=O)c2cccc(S(=O)(=O)N3CCN(C)CC3)c2)cc1. The number of amides is 1.